The van der Waals surface area contributed by atoms with Gasteiger partial charge in [-0.25, -0.2) is 12.7 Å². The molecule has 0 bridgehead atoms. The summed E-state index contributed by atoms with van der Waals surface area (Å²) in [5, 5.41) is 3.40. The molecule has 2 atom stereocenters. The number of rotatable bonds is 4. The summed E-state index contributed by atoms with van der Waals surface area (Å²) >= 11 is 0. The Kier molecular flexibility index (Phi) is 4.55. The van der Waals surface area contributed by atoms with Gasteiger partial charge in [0.15, 0.2) is 0 Å². The van der Waals surface area contributed by atoms with Crippen LogP contribution in [0.25, 0.3) is 0 Å². The fourth-order valence-electron chi connectivity index (χ4n) is 2.11. The molecule has 1 N–H and O–H groups in total. The van der Waals surface area contributed by atoms with Gasteiger partial charge < -0.3 is 5.32 Å². The van der Waals surface area contributed by atoms with E-state index in [0.717, 1.165) is 13.0 Å². The van der Waals surface area contributed by atoms with Gasteiger partial charge in [-0.15, -0.1) is 0 Å². The highest BCUT2D eigenvalue weighted by Gasteiger charge is 2.30. The van der Waals surface area contributed by atoms with Crippen molar-refractivity contribution >= 4 is 10.0 Å². The van der Waals surface area contributed by atoms with Gasteiger partial charge in [-0.1, -0.05) is 13.8 Å². The molecule has 0 spiro atoms. The van der Waals surface area contributed by atoms with Gasteiger partial charge in [0.25, 0.3) is 0 Å². The highest BCUT2D eigenvalue weighted by molar-refractivity contribution is 7.89. The molecule has 0 amide bonds. The summed E-state index contributed by atoms with van der Waals surface area (Å²) in [5.41, 5.74) is 0. The van der Waals surface area contributed by atoms with Gasteiger partial charge in [0, 0.05) is 19.1 Å². The van der Waals surface area contributed by atoms with Crippen molar-refractivity contribution in [2.75, 3.05) is 25.4 Å². The molecule has 1 aliphatic heterocycles. The maximum atomic E-state index is 11.7. The average molecular weight is 234 g/mol. The molecule has 1 saturated heterocycles. The predicted octanol–water partition coefficient (Wildman–Crippen LogP) is 0.656. The molecule has 1 aliphatic rings. The zero-order valence-corrected chi connectivity index (χ0v) is 10.7. The summed E-state index contributed by atoms with van der Waals surface area (Å²) in [6.45, 7) is 8.19. The van der Waals surface area contributed by atoms with Crippen LogP contribution in [0.3, 0.4) is 0 Å². The van der Waals surface area contributed by atoms with Crippen LogP contribution in [-0.4, -0.2) is 44.2 Å². The SMILES string of the molecule is CCNC1CCN(S(=O)(=O)CC)CC1C. The molecule has 5 heteroatoms. The molecule has 1 fully saturated rings. The van der Waals surface area contributed by atoms with E-state index >= 15 is 0 Å². The average Bonchev–Trinajstić information content (AvgIpc) is 2.21. The molecule has 90 valence electrons. The normalized spacial score (nSPS) is 29.3. The van der Waals surface area contributed by atoms with Gasteiger partial charge in [0.05, 0.1) is 5.75 Å². The lowest BCUT2D eigenvalue weighted by Gasteiger charge is -2.36. The smallest absolute Gasteiger partial charge is 0.213 e. The lowest BCUT2D eigenvalue weighted by molar-refractivity contribution is 0.222. The zero-order valence-electron chi connectivity index (χ0n) is 9.86. The Bertz CT molecular complexity index is 290. The van der Waals surface area contributed by atoms with Crippen LogP contribution in [0.1, 0.15) is 27.2 Å². The minimum Gasteiger partial charge on any atom is -0.314 e. The van der Waals surface area contributed by atoms with Crippen LogP contribution in [-0.2, 0) is 10.0 Å². The van der Waals surface area contributed by atoms with Crippen LogP contribution in [0.4, 0.5) is 0 Å². The highest BCUT2D eigenvalue weighted by Crippen LogP contribution is 2.19. The summed E-state index contributed by atoms with van der Waals surface area (Å²) in [4.78, 5) is 0. The van der Waals surface area contributed by atoms with Crippen molar-refractivity contribution in [2.24, 2.45) is 5.92 Å². The van der Waals surface area contributed by atoms with Gasteiger partial charge >= 0.3 is 0 Å². The highest BCUT2D eigenvalue weighted by atomic mass is 32.2. The molecule has 2 unspecified atom stereocenters. The number of piperidine rings is 1. The van der Waals surface area contributed by atoms with Gasteiger partial charge in [0.1, 0.15) is 0 Å². The third kappa shape index (κ3) is 3.16. The van der Waals surface area contributed by atoms with E-state index in [1.807, 2.05) is 0 Å². The fraction of sp³-hybridized carbons (Fsp3) is 1.00. The van der Waals surface area contributed by atoms with E-state index in [1.165, 1.54) is 0 Å². The minimum atomic E-state index is -2.99. The largest absolute Gasteiger partial charge is 0.314 e. The van der Waals surface area contributed by atoms with Crippen LogP contribution < -0.4 is 5.32 Å². The molecule has 0 saturated carbocycles. The van der Waals surface area contributed by atoms with Crippen molar-refractivity contribution in [3.8, 4) is 0 Å². The molecule has 1 heterocycles. The number of nitrogens with one attached hydrogen (secondary N) is 1. The van der Waals surface area contributed by atoms with Gasteiger partial charge in [-0.2, -0.15) is 0 Å². The summed E-state index contributed by atoms with van der Waals surface area (Å²) < 4.78 is 25.0. The second-order valence-corrected chi connectivity index (χ2v) is 6.45. The Balaban J connectivity index is 2.58. The Morgan fingerprint density at radius 1 is 1.40 bits per heavy atom. The number of hydrogen-bond acceptors (Lipinski definition) is 3. The Morgan fingerprint density at radius 3 is 2.53 bits per heavy atom. The molecule has 0 aromatic rings. The van der Waals surface area contributed by atoms with E-state index in [9.17, 15) is 8.42 Å². The van der Waals surface area contributed by atoms with Crippen LogP contribution in [0.5, 0.6) is 0 Å². The molecular weight excluding hydrogens is 212 g/mol. The van der Waals surface area contributed by atoms with E-state index in [1.54, 1.807) is 11.2 Å². The van der Waals surface area contributed by atoms with E-state index in [4.69, 9.17) is 0 Å². The van der Waals surface area contributed by atoms with E-state index in [0.29, 0.717) is 25.0 Å². The molecular formula is C10H22N2O2S. The Labute approximate surface area is 93.1 Å². The first kappa shape index (κ1) is 12.9. The van der Waals surface area contributed by atoms with Gasteiger partial charge in [-0.3, -0.25) is 0 Å². The maximum Gasteiger partial charge on any atom is 0.213 e. The quantitative estimate of drug-likeness (QED) is 0.777. The standard InChI is InChI=1S/C10H22N2O2S/c1-4-11-10-6-7-12(8-9(10)3)15(13,14)5-2/h9-11H,4-8H2,1-3H3. The summed E-state index contributed by atoms with van der Waals surface area (Å²) in [5.74, 6) is 0.617. The zero-order chi connectivity index (χ0) is 11.5. The molecule has 0 aromatic heterocycles. The molecule has 0 aromatic carbocycles. The summed E-state index contributed by atoms with van der Waals surface area (Å²) in [6, 6.07) is 0.471. The lowest BCUT2D eigenvalue weighted by Crippen LogP contribution is -2.50. The summed E-state index contributed by atoms with van der Waals surface area (Å²) in [6.07, 6.45) is 0.925. The van der Waals surface area contributed by atoms with Crippen LogP contribution in [0.15, 0.2) is 0 Å². The fourth-order valence-corrected chi connectivity index (χ4v) is 3.32. The van der Waals surface area contributed by atoms with Crippen molar-refractivity contribution in [1.29, 1.82) is 0 Å². The Hall–Kier alpha value is -0.130. The third-order valence-corrected chi connectivity index (χ3v) is 4.94. The number of hydrogen-bond donors (Lipinski definition) is 1. The van der Waals surface area contributed by atoms with E-state index in [-0.39, 0.29) is 5.75 Å². The number of nitrogens with zero attached hydrogens (tertiary/aromatic N) is 1. The second kappa shape index (κ2) is 5.27. The first-order chi connectivity index (χ1) is 7.01. The summed E-state index contributed by atoms with van der Waals surface area (Å²) in [7, 11) is -2.99. The lowest BCUT2D eigenvalue weighted by atomic mass is 9.95. The molecule has 0 radical (unpaired) electrons. The monoisotopic (exact) mass is 234 g/mol. The third-order valence-electron chi connectivity index (χ3n) is 3.09. The molecule has 1 rings (SSSR count). The van der Waals surface area contributed by atoms with Crippen molar-refractivity contribution < 1.29 is 8.42 Å². The first-order valence-electron chi connectivity index (χ1n) is 5.72. The van der Waals surface area contributed by atoms with Gasteiger partial charge in [0.2, 0.25) is 10.0 Å². The molecule has 4 nitrogen and oxygen atoms in total. The molecule has 15 heavy (non-hydrogen) atoms. The van der Waals surface area contributed by atoms with E-state index in [2.05, 4.69) is 19.2 Å². The van der Waals surface area contributed by atoms with E-state index < -0.39 is 10.0 Å². The van der Waals surface area contributed by atoms with Crippen molar-refractivity contribution in [2.45, 2.75) is 33.2 Å². The molecule has 0 aliphatic carbocycles. The second-order valence-electron chi connectivity index (χ2n) is 4.19. The Morgan fingerprint density at radius 2 is 2.07 bits per heavy atom. The minimum absolute atomic E-state index is 0.214. The first-order valence-corrected chi connectivity index (χ1v) is 7.33. The van der Waals surface area contributed by atoms with Crippen molar-refractivity contribution in [1.82, 2.24) is 9.62 Å². The van der Waals surface area contributed by atoms with Crippen LogP contribution in [0, 0.1) is 5.92 Å². The predicted molar refractivity (Wildman–Crippen MR) is 62.3 cm³/mol. The van der Waals surface area contributed by atoms with Crippen LogP contribution >= 0.6 is 0 Å². The maximum absolute atomic E-state index is 11.7. The topological polar surface area (TPSA) is 49.4 Å². The van der Waals surface area contributed by atoms with Crippen molar-refractivity contribution in [3.05, 3.63) is 0 Å². The van der Waals surface area contributed by atoms with Gasteiger partial charge in [-0.05, 0) is 25.8 Å². The number of sulfonamides is 1. The van der Waals surface area contributed by atoms with Crippen LogP contribution in [0.2, 0.25) is 0 Å². The van der Waals surface area contributed by atoms with Crippen molar-refractivity contribution in [3.63, 3.8) is 0 Å².